The predicted octanol–water partition coefficient (Wildman–Crippen LogP) is 3.06. The van der Waals surface area contributed by atoms with Gasteiger partial charge in [0.15, 0.2) is 5.76 Å². The lowest BCUT2D eigenvalue weighted by Crippen LogP contribution is -2.36. The van der Waals surface area contributed by atoms with Crippen LogP contribution in [0.4, 0.5) is 5.69 Å². The second kappa shape index (κ2) is 9.03. The Morgan fingerprint density at radius 1 is 1.12 bits per heavy atom. The van der Waals surface area contributed by atoms with Crippen LogP contribution in [-0.2, 0) is 0 Å². The summed E-state index contributed by atoms with van der Waals surface area (Å²) in [5.74, 6) is -0.312. The summed E-state index contributed by atoms with van der Waals surface area (Å²) in [6.45, 7) is 4.24. The maximum atomic E-state index is 12.3. The third-order valence-corrected chi connectivity index (χ3v) is 4.19. The molecule has 0 radical (unpaired) electrons. The molecule has 1 unspecified atom stereocenters. The first-order valence-electron chi connectivity index (χ1n) is 8.46. The molecule has 6 nitrogen and oxygen atoms in total. The van der Waals surface area contributed by atoms with Crippen molar-refractivity contribution in [3.8, 4) is 0 Å². The molecule has 0 saturated heterocycles. The van der Waals surface area contributed by atoms with Crippen LogP contribution in [0.25, 0.3) is 0 Å². The van der Waals surface area contributed by atoms with Crippen LogP contribution in [0, 0.1) is 5.92 Å². The van der Waals surface area contributed by atoms with Crippen molar-refractivity contribution in [3.63, 3.8) is 0 Å². The van der Waals surface area contributed by atoms with E-state index in [9.17, 15) is 14.7 Å². The van der Waals surface area contributed by atoms with Gasteiger partial charge in [0.1, 0.15) is 0 Å². The van der Waals surface area contributed by atoms with Gasteiger partial charge in [0.05, 0.1) is 12.4 Å². The minimum absolute atomic E-state index is 0.166. The molecule has 0 aliphatic heterocycles. The molecule has 0 bridgehead atoms. The van der Waals surface area contributed by atoms with Crippen LogP contribution < -0.4 is 10.6 Å². The topological polar surface area (TPSA) is 91.6 Å². The Morgan fingerprint density at radius 3 is 2.52 bits per heavy atom. The second-order valence-corrected chi connectivity index (χ2v) is 5.87. The van der Waals surface area contributed by atoms with Gasteiger partial charge in [-0.15, -0.1) is 0 Å². The SMILES string of the molecule is CCC(CC)C(O)CNC(=O)c1cccc(NC(=O)c2ccco2)c1. The second-order valence-electron chi connectivity index (χ2n) is 5.87. The highest BCUT2D eigenvalue weighted by molar-refractivity contribution is 6.03. The average molecular weight is 344 g/mol. The van der Waals surface area contributed by atoms with Gasteiger partial charge in [-0.3, -0.25) is 9.59 Å². The number of hydrogen-bond donors (Lipinski definition) is 3. The maximum absolute atomic E-state index is 12.3. The number of carbonyl (C=O) groups is 2. The highest BCUT2D eigenvalue weighted by Crippen LogP contribution is 2.14. The van der Waals surface area contributed by atoms with E-state index in [-0.39, 0.29) is 30.0 Å². The monoisotopic (exact) mass is 344 g/mol. The number of anilines is 1. The molecule has 0 aliphatic rings. The molecular formula is C19H24N2O4. The standard InChI is InChI=1S/C19H24N2O4/c1-3-13(4-2)16(22)12-20-18(23)14-7-5-8-15(11-14)21-19(24)17-9-6-10-25-17/h5-11,13,16,22H,3-4,12H2,1-2H3,(H,20,23)(H,21,24). The molecule has 0 saturated carbocycles. The van der Waals surface area contributed by atoms with Gasteiger partial charge in [0.25, 0.3) is 11.8 Å². The van der Waals surface area contributed by atoms with E-state index < -0.39 is 6.10 Å². The van der Waals surface area contributed by atoms with Gasteiger partial charge >= 0.3 is 0 Å². The first-order valence-corrected chi connectivity index (χ1v) is 8.46. The van der Waals surface area contributed by atoms with Crippen molar-refractivity contribution in [1.29, 1.82) is 0 Å². The number of aliphatic hydroxyl groups is 1. The Labute approximate surface area is 147 Å². The van der Waals surface area contributed by atoms with Crippen molar-refractivity contribution in [1.82, 2.24) is 5.32 Å². The van der Waals surface area contributed by atoms with Crippen LogP contribution in [0.5, 0.6) is 0 Å². The summed E-state index contributed by atoms with van der Waals surface area (Å²) >= 11 is 0. The Balaban J connectivity index is 1.95. The number of furan rings is 1. The van der Waals surface area contributed by atoms with Crippen molar-refractivity contribution in [2.24, 2.45) is 5.92 Å². The fourth-order valence-corrected chi connectivity index (χ4v) is 2.64. The molecule has 25 heavy (non-hydrogen) atoms. The number of aliphatic hydroxyl groups excluding tert-OH is 1. The molecule has 1 atom stereocenters. The Bertz CT molecular complexity index is 693. The summed E-state index contributed by atoms with van der Waals surface area (Å²) < 4.78 is 5.03. The highest BCUT2D eigenvalue weighted by Gasteiger charge is 2.17. The molecule has 2 aromatic rings. The molecule has 2 rings (SSSR count). The van der Waals surface area contributed by atoms with E-state index in [4.69, 9.17) is 4.42 Å². The van der Waals surface area contributed by atoms with Crippen LogP contribution in [0.1, 0.15) is 47.6 Å². The van der Waals surface area contributed by atoms with E-state index in [2.05, 4.69) is 10.6 Å². The number of rotatable bonds is 8. The summed E-state index contributed by atoms with van der Waals surface area (Å²) in [6, 6.07) is 9.80. The zero-order chi connectivity index (χ0) is 18.2. The molecule has 134 valence electrons. The summed E-state index contributed by atoms with van der Waals surface area (Å²) in [6.07, 6.45) is 2.58. The summed E-state index contributed by atoms with van der Waals surface area (Å²) in [5, 5.41) is 15.5. The van der Waals surface area contributed by atoms with Gasteiger partial charge in [0.2, 0.25) is 0 Å². The maximum Gasteiger partial charge on any atom is 0.291 e. The van der Waals surface area contributed by atoms with Crippen molar-refractivity contribution in [3.05, 3.63) is 54.0 Å². The number of hydrogen-bond acceptors (Lipinski definition) is 4. The van der Waals surface area contributed by atoms with Gasteiger partial charge in [-0.1, -0.05) is 32.8 Å². The number of amides is 2. The van der Waals surface area contributed by atoms with Crippen LogP contribution in [0.2, 0.25) is 0 Å². The van der Waals surface area contributed by atoms with Crippen LogP contribution in [-0.4, -0.2) is 29.6 Å². The largest absolute Gasteiger partial charge is 0.459 e. The molecule has 0 fully saturated rings. The van der Waals surface area contributed by atoms with E-state index in [1.807, 2.05) is 13.8 Å². The fourth-order valence-electron chi connectivity index (χ4n) is 2.64. The van der Waals surface area contributed by atoms with Crippen LogP contribution in [0.15, 0.2) is 47.1 Å². The van der Waals surface area contributed by atoms with Crippen LogP contribution >= 0.6 is 0 Å². The molecule has 6 heteroatoms. The minimum atomic E-state index is -0.569. The fraction of sp³-hybridized carbons (Fsp3) is 0.368. The smallest absolute Gasteiger partial charge is 0.291 e. The lowest BCUT2D eigenvalue weighted by Gasteiger charge is -2.20. The molecule has 0 aliphatic carbocycles. The zero-order valence-corrected chi connectivity index (χ0v) is 14.5. The lowest BCUT2D eigenvalue weighted by molar-refractivity contribution is 0.0816. The van der Waals surface area contributed by atoms with E-state index in [1.165, 1.54) is 6.26 Å². The quantitative estimate of drug-likeness (QED) is 0.686. The van der Waals surface area contributed by atoms with E-state index in [0.717, 1.165) is 12.8 Å². The summed E-state index contributed by atoms with van der Waals surface area (Å²) in [7, 11) is 0. The molecule has 1 aromatic carbocycles. The number of carbonyl (C=O) groups excluding carboxylic acids is 2. The normalized spacial score (nSPS) is 12.0. The predicted molar refractivity (Wildman–Crippen MR) is 95.5 cm³/mol. The summed E-state index contributed by atoms with van der Waals surface area (Å²) in [4.78, 5) is 24.2. The van der Waals surface area contributed by atoms with Gasteiger partial charge in [0, 0.05) is 17.8 Å². The zero-order valence-electron chi connectivity index (χ0n) is 14.5. The molecule has 1 heterocycles. The number of nitrogens with one attached hydrogen (secondary N) is 2. The summed E-state index contributed by atoms with van der Waals surface area (Å²) in [5.41, 5.74) is 0.906. The highest BCUT2D eigenvalue weighted by atomic mass is 16.3. The Morgan fingerprint density at radius 2 is 1.88 bits per heavy atom. The van der Waals surface area contributed by atoms with Crippen molar-refractivity contribution in [2.75, 3.05) is 11.9 Å². The van der Waals surface area contributed by atoms with E-state index >= 15 is 0 Å². The molecule has 2 amide bonds. The van der Waals surface area contributed by atoms with Crippen molar-refractivity contribution in [2.45, 2.75) is 32.8 Å². The minimum Gasteiger partial charge on any atom is -0.459 e. The van der Waals surface area contributed by atoms with Gasteiger partial charge in [-0.25, -0.2) is 0 Å². The number of benzene rings is 1. The van der Waals surface area contributed by atoms with Crippen molar-refractivity contribution < 1.29 is 19.1 Å². The third-order valence-electron chi connectivity index (χ3n) is 4.19. The van der Waals surface area contributed by atoms with Crippen molar-refractivity contribution >= 4 is 17.5 Å². The van der Waals surface area contributed by atoms with Gasteiger partial charge in [-0.05, 0) is 36.2 Å². The van der Waals surface area contributed by atoms with Gasteiger partial charge in [-0.2, -0.15) is 0 Å². The first kappa shape index (κ1) is 18.7. The first-order chi connectivity index (χ1) is 12.0. The third kappa shape index (κ3) is 5.19. The molecule has 3 N–H and O–H groups in total. The molecule has 0 spiro atoms. The molecular weight excluding hydrogens is 320 g/mol. The lowest BCUT2D eigenvalue weighted by atomic mass is 9.96. The Hall–Kier alpha value is -2.60. The van der Waals surface area contributed by atoms with E-state index in [1.54, 1.807) is 36.4 Å². The van der Waals surface area contributed by atoms with Gasteiger partial charge < -0.3 is 20.2 Å². The van der Waals surface area contributed by atoms with Crippen LogP contribution in [0.3, 0.4) is 0 Å². The molecule has 1 aromatic heterocycles. The average Bonchev–Trinajstić information content (AvgIpc) is 3.15. The Kier molecular flexibility index (Phi) is 6.77. The van der Waals surface area contributed by atoms with E-state index in [0.29, 0.717) is 11.3 Å².